The molecule has 24 heavy (non-hydrogen) atoms. The number of nitrogens with zero attached hydrogens (tertiary/aromatic N) is 2. The molecule has 0 saturated heterocycles. The maximum absolute atomic E-state index is 11.9. The highest BCUT2D eigenvalue weighted by atomic mass is 32.2. The number of fused-ring (bicyclic) bond motifs is 1. The first kappa shape index (κ1) is 19.1. The summed E-state index contributed by atoms with van der Waals surface area (Å²) < 4.78 is 10.2. The number of hydrogen-bond donors (Lipinski definition) is 1. The zero-order chi connectivity index (χ0) is 17.4. The number of carbonyl (C=O) groups excluding carboxylic acids is 1. The van der Waals surface area contributed by atoms with Gasteiger partial charge < -0.3 is 14.8 Å². The molecule has 2 rings (SSSR count). The van der Waals surface area contributed by atoms with E-state index in [2.05, 4.69) is 29.1 Å². The molecule has 1 N–H and O–H groups in total. The van der Waals surface area contributed by atoms with Crippen molar-refractivity contribution >= 4 is 39.2 Å². The molecule has 132 valence electrons. The third-order valence-electron chi connectivity index (χ3n) is 3.49. The third kappa shape index (κ3) is 5.41. The number of carbonyl (C=O) groups is 1. The molecule has 0 aliphatic rings. The first-order valence-electron chi connectivity index (χ1n) is 7.80. The van der Waals surface area contributed by atoms with Gasteiger partial charge in [0.1, 0.15) is 16.2 Å². The number of hydrogen-bond acceptors (Lipinski definition) is 7. The summed E-state index contributed by atoms with van der Waals surface area (Å²) in [6.45, 7) is 6.57. The van der Waals surface area contributed by atoms with E-state index in [-0.39, 0.29) is 5.91 Å². The van der Waals surface area contributed by atoms with Gasteiger partial charge in [0, 0.05) is 30.5 Å². The molecule has 0 unspecified atom stereocenters. The van der Waals surface area contributed by atoms with Gasteiger partial charge in [-0.05, 0) is 25.8 Å². The van der Waals surface area contributed by atoms with Gasteiger partial charge in [0.05, 0.1) is 19.0 Å². The lowest BCUT2D eigenvalue weighted by Gasteiger charge is -2.06. The Morgan fingerprint density at radius 2 is 2.12 bits per heavy atom. The summed E-state index contributed by atoms with van der Waals surface area (Å²) in [6.07, 6.45) is 2.36. The van der Waals surface area contributed by atoms with Crippen LogP contribution >= 0.6 is 23.1 Å². The van der Waals surface area contributed by atoms with Crippen molar-refractivity contribution in [1.29, 1.82) is 0 Å². The van der Waals surface area contributed by atoms with Gasteiger partial charge in [-0.1, -0.05) is 11.8 Å². The molecule has 8 heteroatoms. The van der Waals surface area contributed by atoms with Gasteiger partial charge in [-0.25, -0.2) is 9.97 Å². The van der Waals surface area contributed by atoms with Crippen LogP contribution in [-0.4, -0.2) is 55.1 Å². The highest BCUT2D eigenvalue weighted by Crippen LogP contribution is 2.34. The maximum atomic E-state index is 11.9. The first-order chi connectivity index (χ1) is 11.6. The standard InChI is InChI=1S/C16H23N3O3S2/c1-11-12(2)24-16-14(11)15(18-10-19-16)23-9-13(20)17-5-4-6-22-8-7-21-3/h10H,4-9H2,1-3H3,(H,17,20). The summed E-state index contributed by atoms with van der Waals surface area (Å²) in [4.78, 5) is 22.8. The minimum absolute atomic E-state index is 0.00765. The molecule has 0 aromatic carbocycles. The Balaban J connectivity index is 1.74. The van der Waals surface area contributed by atoms with Crippen LogP contribution in [0.5, 0.6) is 0 Å². The van der Waals surface area contributed by atoms with E-state index >= 15 is 0 Å². The Labute approximate surface area is 150 Å². The van der Waals surface area contributed by atoms with Crippen LogP contribution in [-0.2, 0) is 14.3 Å². The Kier molecular flexibility index (Phi) is 7.90. The molecule has 1 amide bonds. The van der Waals surface area contributed by atoms with E-state index in [1.54, 1.807) is 24.8 Å². The maximum Gasteiger partial charge on any atom is 0.230 e. The van der Waals surface area contributed by atoms with Gasteiger partial charge in [-0.3, -0.25) is 4.79 Å². The molecule has 0 bridgehead atoms. The van der Waals surface area contributed by atoms with Gasteiger partial charge in [-0.2, -0.15) is 0 Å². The van der Waals surface area contributed by atoms with Gasteiger partial charge in [0.25, 0.3) is 0 Å². The average Bonchev–Trinajstić information content (AvgIpc) is 2.87. The zero-order valence-corrected chi connectivity index (χ0v) is 15.9. The van der Waals surface area contributed by atoms with E-state index < -0.39 is 0 Å². The normalized spacial score (nSPS) is 11.1. The van der Waals surface area contributed by atoms with Crippen LogP contribution in [0.1, 0.15) is 16.9 Å². The van der Waals surface area contributed by atoms with Crippen molar-refractivity contribution in [3.05, 3.63) is 16.8 Å². The minimum Gasteiger partial charge on any atom is -0.382 e. The molecule has 0 spiro atoms. The number of aryl methyl sites for hydroxylation is 2. The van der Waals surface area contributed by atoms with Crippen LogP contribution in [0.4, 0.5) is 0 Å². The van der Waals surface area contributed by atoms with Crippen molar-refractivity contribution in [2.45, 2.75) is 25.3 Å². The first-order valence-corrected chi connectivity index (χ1v) is 9.60. The van der Waals surface area contributed by atoms with E-state index in [1.807, 2.05) is 0 Å². The van der Waals surface area contributed by atoms with Crippen molar-refractivity contribution in [2.24, 2.45) is 0 Å². The van der Waals surface area contributed by atoms with E-state index in [4.69, 9.17) is 9.47 Å². The second kappa shape index (κ2) is 9.93. The highest BCUT2D eigenvalue weighted by molar-refractivity contribution is 8.00. The van der Waals surface area contributed by atoms with Crippen molar-refractivity contribution < 1.29 is 14.3 Å². The quantitative estimate of drug-likeness (QED) is 0.394. The number of rotatable bonds is 10. The van der Waals surface area contributed by atoms with E-state index in [9.17, 15) is 4.79 Å². The number of thioether (sulfide) groups is 1. The Morgan fingerprint density at radius 1 is 1.29 bits per heavy atom. The Bertz CT molecular complexity index is 676. The summed E-state index contributed by atoms with van der Waals surface area (Å²) in [6, 6.07) is 0. The van der Waals surface area contributed by atoms with Crippen LogP contribution in [0.25, 0.3) is 10.2 Å². The Morgan fingerprint density at radius 3 is 2.92 bits per heavy atom. The fraction of sp³-hybridized carbons (Fsp3) is 0.562. The Hall–Kier alpha value is -1.22. The molecule has 0 saturated carbocycles. The largest absolute Gasteiger partial charge is 0.382 e. The predicted octanol–water partition coefficient (Wildman–Crippen LogP) is 2.57. The van der Waals surface area contributed by atoms with E-state index in [0.717, 1.165) is 21.7 Å². The van der Waals surface area contributed by atoms with Crippen LogP contribution in [0.15, 0.2) is 11.4 Å². The smallest absolute Gasteiger partial charge is 0.230 e. The lowest BCUT2D eigenvalue weighted by Crippen LogP contribution is -2.27. The number of aromatic nitrogens is 2. The molecule has 0 radical (unpaired) electrons. The van der Waals surface area contributed by atoms with E-state index in [1.165, 1.54) is 22.2 Å². The molecule has 2 aromatic rings. The topological polar surface area (TPSA) is 73.3 Å². The van der Waals surface area contributed by atoms with Crippen molar-refractivity contribution in [2.75, 3.05) is 39.2 Å². The highest BCUT2D eigenvalue weighted by Gasteiger charge is 2.13. The monoisotopic (exact) mass is 369 g/mol. The fourth-order valence-corrected chi connectivity index (χ4v) is 4.04. The summed E-state index contributed by atoms with van der Waals surface area (Å²) in [5.74, 6) is 0.360. The SMILES string of the molecule is COCCOCCCNC(=O)CSc1ncnc2sc(C)c(C)c12. The minimum atomic E-state index is 0.00765. The number of nitrogens with one attached hydrogen (secondary N) is 1. The summed E-state index contributed by atoms with van der Waals surface area (Å²) in [7, 11) is 1.64. The molecule has 0 aliphatic carbocycles. The van der Waals surface area contributed by atoms with Crippen molar-refractivity contribution in [3.8, 4) is 0 Å². The summed E-state index contributed by atoms with van der Waals surface area (Å²) in [5.41, 5.74) is 1.20. The van der Waals surface area contributed by atoms with Crippen LogP contribution in [0.2, 0.25) is 0 Å². The number of thiophene rings is 1. The van der Waals surface area contributed by atoms with Gasteiger partial charge in [-0.15, -0.1) is 11.3 Å². The average molecular weight is 370 g/mol. The lowest BCUT2D eigenvalue weighted by atomic mass is 10.2. The van der Waals surface area contributed by atoms with Gasteiger partial charge >= 0.3 is 0 Å². The van der Waals surface area contributed by atoms with Crippen molar-refractivity contribution in [3.63, 3.8) is 0 Å². The zero-order valence-electron chi connectivity index (χ0n) is 14.3. The number of amides is 1. The van der Waals surface area contributed by atoms with Crippen LogP contribution < -0.4 is 5.32 Å². The second-order valence-corrected chi connectivity index (χ2v) is 7.41. The molecular weight excluding hydrogens is 346 g/mol. The van der Waals surface area contributed by atoms with Crippen LogP contribution in [0, 0.1) is 13.8 Å². The van der Waals surface area contributed by atoms with Crippen molar-refractivity contribution in [1.82, 2.24) is 15.3 Å². The molecule has 2 aromatic heterocycles. The number of ether oxygens (including phenoxy) is 2. The van der Waals surface area contributed by atoms with Crippen LogP contribution in [0.3, 0.4) is 0 Å². The molecule has 6 nitrogen and oxygen atoms in total. The number of methoxy groups -OCH3 is 1. The molecule has 0 fully saturated rings. The summed E-state index contributed by atoms with van der Waals surface area (Å²) >= 11 is 3.12. The van der Waals surface area contributed by atoms with E-state index in [0.29, 0.717) is 32.1 Å². The predicted molar refractivity (Wildman–Crippen MR) is 97.9 cm³/mol. The lowest BCUT2D eigenvalue weighted by molar-refractivity contribution is -0.118. The van der Waals surface area contributed by atoms with Gasteiger partial charge in [0.15, 0.2) is 0 Å². The molecular formula is C16H23N3O3S2. The van der Waals surface area contributed by atoms with Gasteiger partial charge in [0.2, 0.25) is 5.91 Å². The third-order valence-corrected chi connectivity index (χ3v) is 5.59. The molecule has 0 aliphatic heterocycles. The molecule has 0 atom stereocenters. The second-order valence-electron chi connectivity index (χ2n) is 5.24. The molecule has 2 heterocycles. The fourth-order valence-electron chi connectivity index (χ4n) is 2.09. The summed E-state index contributed by atoms with van der Waals surface area (Å²) in [5, 5.41) is 4.85.